The molecule has 9 nitrogen and oxygen atoms in total. The lowest BCUT2D eigenvalue weighted by Crippen LogP contribution is -2.16. The van der Waals surface area contributed by atoms with Crippen LogP contribution < -0.4 is 0 Å². The summed E-state index contributed by atoms with van der Waals surface area (Å²) in [5.41, 5.74) is 0.936. The third-order valence-corrected chi connectivity index (χ3v) is 3.49. The van der Waals surface area contributed by atoms with Gasteiger partial charge >= 0.3 is 5.97 Å². The Morgan fingerprint density at radius 3 is 2.28 bits per heavy atom. The number of nitrogens with zero attached hydrogens (tertiary/aromatic N) is 2. The van der Waals surface area contributed by atoms with Crippen molar-refractivity contribution in [1.29, 1.82) is 0 Å². The summed E-state index contributed by atoms with van der Waals surface area (Å²) in [6.07, 6.45) is -1.01. The van der Waals surface area contributed by atoms with Crippen LogP contribution in [0.2, 0.25) is 0 Å². The van der Waals surface area contributed by atoms with Gasteiger partial charge in [0.1, 0.15) is 6.10 Å². The Kier molecular flexibility index (Phi) is 5.62. The molecule has 0 saturated carbocycles. The fourth-order valence-electron chi connectivity index (χ4n) is 2.35. The standard InChI is InChI=1S/C16H14N2O7/c1-24-16(19)14-5-3-2-4-13(14)15(25-18(22)23)10-11-6-8-12(9-7-11)17(20)21/h2-9,15H,10H2,1H3. The number of carbonyl (C=O) groups excluding carboxylic acids is 1. The van der Waals surface area contributed by atoms with E-state index in [-0.39, 0.29) is 17.7 Å². The van der Waals surface area contributed by atoms with Crippen LogP contribution in [-0.2, 0) is 16.0 Å². The zero-order valence-corrected chi connectivity index (χ0v) is 13.2. The molecule has 2 aromatic carbocycles. The molecule has 0 aliphatic rings. The highest BCUT2D eigenvalue weighted by Crippen LogP contribution is 2.27. The van der Waals surface area contributed by atoms with Gasteiger partial charge in [-0.05, 0) is 17.2 Å². The van der Waals surface area contributed by atoms with E-state index in [0.29, 0.717) is 11.1 Å². The fraction of sp³-hybridized carbons (Fsp3) is 0.188. The third-order valence-electron chi connectivity index (χ3n) is 3.49. The first kappa shape index (κ1) is 17.9. The third kappa shape index (κ3) is 4.50. The molecule has 0 aliphatic carbocycles. The molecule has 0 bridgehead atoms. The van der Waals surface area contributed by atoms with Crippen LogP contribution in [-0.4, -0.2) is 23.1 Å². The Hall–Kier alpha value is -3.49. The second-order valence-corrected chi connectivity index (χ2v) is 5.02. The van der Waals surface area contributed by atoms with Gasteiger partial charge in [-0.2, -0.15) is 0 Å². The summed E-state index contributed by atoms with van der Waals surface area (Å²) in [6, 6.07) is 11.8. The second-order valence-electron chi connectivity index (χ2n) is 5.02. The summed E-state index contributed by atoms with van der Waals surface area (Å²) >= 11 is 0. The van der Waals surface area contributed by atoms with Gasteiger partial charge in [-0.1, -0.05) is 30.3 Å². The normalized spacial score (nSPS) is 11.4. The number of nitro groups is 1. The molecule has 0 aliphatic heterocycles. The van der Waals surface area contributed by atoms with Crippen LogP contribution in [0, 0.1) is 20.2 Å². The van der Waals surface area contributed by atoms with Gasteiger partial charge in [-0.25, -0.2) is 4.79 Å². The first-order chi connectivity index (χ1) is 11.9. The van der Waals surface area contributed by atoms with Crippen molar-refractivity contribution in [3.8, 4) is 0 Å². The minimum Gasteiger partial charge on any atom is -0.465 e. The van der Waals surface area contributed by atoms with E-state index < -0.39 is 22.1 Å². The molecule has 1 unspecified atom stereocenters. The Morgan fingerprint density at radius 2 is 1.72 bits per heavy atom. The number of nitro benzene ring substituents is 1. The van der Waals surface area contributed by atoms with Crippen LogP contribution in [0.1, 0.15) is 27.6 Å². The van der Waals surface area contributed by atoms with Crippen LogP contribution in [0.3, 0.4) is 0 Å². The van der Waals surface area contributed by atoms with Crippen molar-refractivity contribution in [2.75, 3.05) is 7.11 Å². The van der Waals surface area contributed by atoms with E-state index in [1.807, 2.05) is 0 Å². The molecule has 2 aromatic rings. The quantitative estimate of drug-likeness (QED) is 0.429. The average molecular weight is 346 g/mol. The number of carbonyl (C=O) groups is 1. The van der Waals surface area contributed by atoms with Crippen molar-refractivity contribution in [3.63, 3.8) is 0 Å². The molecule has 0 N–H and O–H groups in total. The van der Waals surface area contributed by atoms with Crippen LogP contribution in [0.15, 0.2) is 48.5 Å². The van der Waals surface area contributed by atoms with Gasteiger partial charge in [0.05, 0.1) is 17.6 Å². The highest BCUT2D eigenvalue weighted by Gasteiger charge is 2.23. The van der Waals surface area contributed by atoms with Gasteiger partial charge in [0, 0.05) is 18.6 Å². The first-order valence-electron chi connectivity index (χ1n) is 7.14. The van der Waals surface area contributed by atoms with Crippen LogP contribution in [0.4, 0.5) is 5.69 Å². The molecule has 0 saturated heterocycles. The second kappa shape index (κ2) is 7.86. The molecule has 0 fully saturated rings. The highest BCUT2D eigenvalue weighted by molar-refractivity contribution is 5.91. The zero-order chi connectivity index (χ0) is 18.4. The van der Waals surface area contributed by atoms with Crippen molar-refractivity contribution < 1.29 is 24.4 Å². The lowest BCUT2D eigenvalue weighted by molar-refractivity contribution is -0.771. The molecule has 0 radical (unpaired) electrons. The first-order valence-corrected chi connectivity index (χ1v) is 7.14. The van der Waals surface area contributed by atoms with Crippen molar-refractivity contribution in [2.45, 2.75) is 12.5 Å². The van der Waals surface area contributed by atoms with Gasteiger partial charge in [0.25, 0.3) is 10.8 Å². The number of ether oxygens (including phenoxy) is 1. The number of rotatable bonds is 7. The van der Waals surface area contributed by atoms with E-state index in [9.17, 15) is 25.0 Å². The smallest absolute Gasteiger partial charge is 0.338 e. The van der Waals surface area contributed by atoms with Crippen LogP contribution >= 0.6 is 0 Å². The van der Waals surface area contributed by atoms with Crippen molar-refractivity contribution >= 4 is 11.7 Å². The Bertz CT molecular complexity index is 789. The molecule has 0 heterocycles. The summed E-state index contributed by atoms with van der Waals surface area (Å²) < 4.78 is 4.69. The molecule has 9 heteroatoms. The van der Waals surface area contributed by atoms with Crippen LogP contribution in [0.25, 0.3) is 0 Å². The fourth-order valence-corrected chi connectivity index (χ4v) is 2.35. The predicted octanol–water partition coefficient (Wildman–Crippen LogP) is 2.87. The van der Waals surface area contributed by atoms with Gasteiger partial charge in [0.15, 0.2) is 0 Å². The highest BCUT2D eigenvalue weighted by atomic mass is 17.0. The Labute approximate surface area is 142 Å². The maximum atomic E-state index is 11.9. The van der Waals surface area contributed by atoms with E-state index in [4.69, 9.17) is 4.84 Å². The maximum absolute atomic E-state index is 11.9. The largest absolute Gasteiger partial charge is 0.465 e. The SMILES string of the molecule is COC(=O)c1ccccc1C(Cc1ccc([N+](=O)[O-])cc1)O[N+](=O)[O-]. The molecule has 130 valence electrons. The Morgan fingerprint density at radius 1 is 1.08 bits per heavy atom. The molecular weight excluding hydrogens is 332 g/mol. The molecule has 0 spiro atoms. The zero-order valence-electron chi connectivity index (χ0n) is 13.2. The number of benzene rings is 2. The molecule has 0 amide bonds. The van der Waals surface area contributed by atoms with E-state index in [1.165, 1.54) is 43.5 Å². The van der Waals surface area contributed by atoms with Crippen molar-refractivity contribution in [3.05, 3.63) is 85.4 Å². The number of non-ortho nitro benzene ring substituents is 1. The summed E-state index contributed by atoms with van der Waals surface area (Å²) in [4.78, 5) is 37.6. The van der Waals surface area contributed by atoms with E-state index in [0.717, 1.165) is 0 Å². The maximum Gasteiger partial charge on any atom is 0.338 e. The van der Waals surface area contributed by atoms with Crippen molar-refractivity contribution in [2.24, 2.45) is 0 Å². The summed E-state index contributed by atoms with van der Waals surface area (Å²) in [6.45, 7) is 0. The van der Waals surface area contributed by atoms with Gasteiger partial charge in [-0.3, -0.25) is 10.1 Å². The minimum atomic E-state index is -1.06. The summed E-state index contributed by atoms with van der Waals surface area (Å²) in [5.74, 6) is -0.642. The topological polar surface area (TPSA) is 122 Å². The summed E-state index contributed by atoms with van der Waals surface area (Å²) in [5, 5.41) is 20.6. The average Bonchev–Trinajstić information content (AvgIpc) is 2.60. The predicted molar refractivity (Wildman–Crippen MR) is 85.4 cm³/mol. The molecule has 25 heavy (non-hydrogen) atoms. The number of esters is 1. The number of methoxy groups -OCH3 is 1. The monoisotopic (exact) mass is 346 g/mol. The lowest BCUT2D eigenvalue weighted by Gasteiger charge is -2.18. The lowest BCUT2D eigenvalue weighted by atomic mass is 9.97. The van der Waals surface area contributed by atoms with Gasteiger partial charge in [0.2, 0.25) is 0 Å². The van der Waals surface area contributed by atoms with Crippen LogP contribution in [0.5, 0.6) is 0 Å². The van der Waals surface area contributed by atoms with E-state index in [2.05, 4.69) is 4.74 Å². The molecule has 2 rings (SSSR count). The van der Waals surface area contributed by atoms with Gasteiger partial charge < -0.3 is 9.57 Å². The van der Waals surface area contributed by atoms with E-state index in [1.54, 1.807) is 12.1 Å². The van der Waals surface area contributed by atoms with E-state index >= 15 is 0 Å². The van der Waals surface area contributed by atoms with Gasteiger partial charge in [-0.15, -0.1) is 10.1 Å². The number of hydrogen-bond acceptors (Lipinski definition) is 7. The summed E-state index contributed by atoms with van der Waals surface area (Å²) in [7, 11) is 1.21. The number of hydrogen-bond donors (Lipinski definition) is 0. The molecular formula is C16H14N2O7. The minimum absolute atomic E-state index is 0.0486. The van der Waals surface area contributed by atoms with Crippen molar-refractivity contribution in [1.82, 2.24) is 0 Å². The Balaban J connectivity index is 2.35. The molecule has 0 aromatic heterocycles. The molecule has 1 atom stereocenters.